The predicted octanol–water partition coefficient (Wildman–Crippen LogP) is 0.974. The Morgan fingerprint density at radius 1 is 1.10 bits per heavy atom. The van der Waals surface area contributed by atoms with Gasteiger partial charge in [-0.1, -0.05) is 0 Å². The molecule has 1 aromatic heterocycles. The third-order valence-electron chi connectivity index (χ3n) is 3.44. The molecule has 11 heteroatoms. The second-order valence-electron chi connectivity index (χ2n) is 5.73. The molecule has 0 aliphatic rings. The molecule has 2 aromatic rings. The Labute approximate surface area is 163 Å². The van der Waals surface area contributed by atoms with Crippen LogP contribution >= 0.6 is 0 Å². The van der Waals surface area contributed by atoms with Crippen LogP contribution in [0.2, 0.25) is 0 Å². The summed E-state index contributed by atoms with van der Waals surface area (Å²) in [5.41, 5.74) is 0.00991. The van der Waals surface area contributed by atoms with Crippen LogP contribution in [0.5, 0.6) is 0 Å². The van der Waals surface area contributed by atoms with Crippen LogP contribution in [0.25, 0.3) is 0 Å². The van der Waals surface area contributed by atoms with Crippen LogP contribution in [-0.4, -0.2) is 42.9 Å². The highest BCUT2D eigenvalue weighted by Gasteiger charge is 2.20. The maximum atomic E-state index is 13.1. The summed E-state index contributed by atoms with van der Waals surface area (Å²) < 4.78 is 35.5. The minimum atomic E-state index is -1.13. The number of ether oxygens (including phenoxy) is 1. The van der Waals surface area contributed by atoms with Crippen molar-refractivity contribution in [3.8, 4) is 0 Å². The molecule has 0 spiro atoms. The summed E-state index contributed by atoms with van der Waals surface area (Å²) >= 11 is 0. The van der Waals surface area contributed by atoms with Gasteiger partial charge in [-0.15, -0.1) is 0 Å². The standard InChI is InChI=1S/C18H17F2N3O6/c1-10(22-17(26)14-3-2-6-28-14)18(27)29-9-16(25)21-8-15(24)23-11-4-5-12(19)13(20)7-11/h2-7,10H,8-9H2,1H3,(H,21,25)(H,22,26)(H,23,24)/t10-/m0/s1. The summed E-state index contributed by atoms with van der Waals surface area (Å²) in [7, 11) is 0. The highest BCUT2D eigenvalue weighted by Crippen LogP contribution is 2.12. The molecular weight excluding hydrogens is 392 g/mol. The first-order valence-corrected chi connectivity index (χ1v) is 8.29. The van der Waals surface area contributed by atoms with Gasteiger partial charge in [0.15, 0.2) is 24.0 Å². The second-order valence-corrected chi connectivity index (χ2v) is 5.73. The number of furan rings is 1. The number of hydrogen-bond donors (Lipinski definition) is 3. The molecule has 0 unspecified atom stereocenters. The first kappa shape index (κ1) is 21.5. The monoisotopic (exact) mass is 409 g/mol. The summed E-state index contributed by atoms with van der Waals surface area (Å²) in [6.07, 6.45) is 1.30. The van der Waals surface area contributed by atoms with Crippen LogP contribution in [0.1, 0.15) is 17.5 Å². The molecule has 0 saturated carbocycles. The zero-order valence-corrected chi connectivity index (χ0v) is 15.2. The average molecular weight is 409 g/mol. The third kappa shape index (κ3) is 6.72. The van der Waals surface area contributed by atoms with Gasteiger partial charge in [-0.05, 0) is 31.2 Å². The Bertz CT molecular complexity index is 901. The molecule has 154 valence electrons. The molecule has 1 atom stereocenters. The number of nitrogens with one attached hydrogen (secondary N) is 3. The van der Waals surface area contributed by atoms with Gasteiger partial charge < -0.3 is 25.1 Å². The van der Waals surface area contributed by atoms with Crippen molar-refractivity contribution in [2.75, 3.05) is 18.5 Å². The Morgan fingerprint density at radius 3 is 2.52 bits per heavy atom. The molecule has 0 fully saturated rings. The van der Waals surface area contributed by atoms with E-state index in [1.165, 1.54) is 25.3 Å². The van der Waals surface area contributed by atoms with Gasteiger partial charge in [0.2, 0.25) is 5.91 Å². The lowest BCUT2D eigenvalue weighted by Gasteiger charge is -2.12. The number of rotatable bonds is 8. The zero-order valence-electron chi connectivity index (χ0n) is 15.2. The molecule has 1 aromatic carbocycles. The summed E-state index contributed by atoms with van der Waals surface area (Å²) in [6.45, 7) is 0.189. The van der Waals surface area contributed by atoms with E-state index < -0.39 is 54.5 Å². The van der Waals surface area contributed by atoms with Crippen molar-refractivity contribution in [3.05, 3.63) is 54.0 Å². The minimum absolute atomic E-state index is 0.00874. The smallest absolute Gasteiger partial charge is 0.328 e. The number of benzene rings is 1. The fourth-order valence-corrected chi connectivity index (χ4v) is 2.01. The van der Waals surface area contributed by atoms with E-state index in [0.717, 1.165) is 18.2 Å². The lowest BCUT2D eigenvalue weighted by molar-refractivity contribution is -0.150. The van der Waals surface area contributed by atoms with E-state index in [-0.39, 0.29) is 11.4 Å². The molecule has 3 amide bonds. The molecule has 0 saturated heterocycles. The molecule has 0 aliphatic carbocycles. The minimum Gasteiger partial charge on any atom is -0.459 e. The van der Waals surface area contributed by atoms with Crippen LogP contribution < -0.4 is 16.0 Å². The maximum absolute atomic E-state index is 13.1. The van der Waals surface area contributed by atoms with E-state index in [4.69, 9.17) is 9.15 Å². The van der Waals surface area contributed by atoms with Crippen LogP contribution in [0.15, 0.2) is 41.0 Å². The normalized spacial score (nSPS) is 11.3. The Morgan fingerprint density at radius 2 is 1.86 bits per heavy atom. The van der Waals surface area contributed by atoms with Gasteiger partial charge in [0.1, 0.15) is 6.04 Å². The highest BCUT2D eigenvalue weighted by atomic mass is 19.2. The quantitative estimate of drug-likeness (QED) is 0.558. The first-order valence-electron chi connectivity index (χ1n) is 8.29. The van der Waals surface area contributed by atoms with Crippen LogP contribution in [0.3, 0.4) is 0 Å². The molecule has 9 nitrogen and oxygen atoms in total. The number of amides is 3. The largest absolute Gasteiger partial charge is 0.459 e. The summed E-state index contributed by atoms with van der Waals surface area (Å²) in [5, 5.41) is 6.78. The molecule has 0 radical (unpaired) electrons. The van der Waals surface area contributed by atoms with Gasteiger partial charge >= 0.3 is 5.97 Å². The lowest BCUT2D eigenvalue weighted by atomic mass is 10.3. The second kappa shape index (κ2) is 9.97. The molecule has 29 heavy (non-hydrogen) atoms. The zero-order chi connectivity index (χ0) is 21.4. The highest BCUT2D eigenvalue weighted by molar-refractivity contribution is 5.96. The number of esters is 1. The van der Waals surface area contributed by atoms with Crippen molar-refractivity contribution in [3.63, 3.8) is 0 Å². The van der Waals surface area contributed by atoms with Crippen molar-refractivity contribution in [1.82, 2.24) is 10.6 Å². The number of carbonyl (C=O) groups is 4. The SMILES string of the molecule is C[C@H](NC(=O)c1ccco1)C(=O)OCC(=O)NCC(=O)Nc1ccc(F)c(F)c1. The van der Waals surface area contributed by atoms with Gasteiger partial charge in [-0.3, -0.25) is 14.4 Å². The van der Waals surface area contributed by atoms with E-state index in [9.17, 15) is 28.0 Å². The van der Waals surface area contributed by atoms with E-state index in [1.807, 2.05) is 0 Å². The number of carbonyl (C=O) groups excluding carboxylic acids is 4. The van der Waals surface area contributed by atoms with E-state index in [2.05, 4.69) is 16.0 Å². The summed E-state index contributed by atoms with van der Waals surface area (Å²) in [6, 6.07) is 4.65. The van der Waals surface area contributed by atoms with Crippen molar-refractivity contribution in [1.29, 1.82) is 0 Å². The van der Waals surface area contributed by atoms with E-state index in [0.29, 0.717) is 0 Å². The van der Waals surface area contributed by atoms with Crippen LogP contribution in [0.4, 0.5) is 14.5 Å². The summed E-state index contributed by atoms with van der Waals surface area (Å²) in [4.78, 5) is 46.9. The molecular formula is C18H17F2N3O6. The lowest BCUT2D eigenvalue weighted by Crippen LogP contribution is -2.41. The number of halogens is 2. The van der Waals surface area contributed by atoms with Crippen molar-refractivity contribution in [2.24, 2.45) is 0 Å². The maximum Gasteiger partial charge on any atom is 0.328 e. The van der Waals surface area contributed by atoms with Gasteiger partial charge in [-0.2, -0.15) is 0 Å². The molecule has 3 N–H and O–H groups in total. The van der Waals surface area contributed by atoms with Crippen molar-refractivity contribution >= 4 is 29.4 Å². The van der Waals surface area contributed by atoms with Gasteiger partial charge in [-0.25, -0.2) is 13.6 Å². The Hall–Kier alpha value is -3.76. The molecule has 0 bridgehead atoms. The van der Waals surface area contributed by atoms with Gasteiger partial charge in [0, 0.05) is 11.8 Å². The number of hydrogen-bond acceptors (Lipinski definition) is 6. The number of anilines is 1. The fourth-order valence-electron chi connectivity index (χ4n) is 2.01. The fraction of sp³-hybridized carbons (Fsp3) is 0.222. The van der Waals surface area contributed by atoms with Crippen molar-refractivity contribution in [2.45, 2.75) is 13.0 Å². The molecule has 2 rings (SSSR count). The van der Waals surface area contributed by atoms with E-state index in [1.54, 1.807) is 0 Å². The van der Waals surface area contributed by atoms with Gasteiger partial charge in [0.05, 0.1) is 12.8 Å². The average Bonchev–Trinajstić information content (AvgIpc) is 3.22. The molecule has 1 heterocycles. The topological polar surface area (TPSA) is 127 Å². The summed E-state index contributed by atoms with van der Waals surface area (Å²) in [5.74, 6) is -5.16. The Balaban J connectivity index is 1.69. The van der Waals surface area contributed by atoms with E-state index >= 15 is 0 Å². The van der Waals surface area contributed by atoms with Gasteiger partial charge in [0.25, 0.3) is 11.8 Å². The van der Waals surface area contributed by atoms with Crippen LogP contribution in [-0.2, 0) is 19.1 Å². The Kier molecular flexibility index (Phi) is 7.40. The molecule has 0 aliphatic heterocycles. The predicted molar refractivity (Wildman–Crippen MR) is 94.6 cm³/mol. The van der Waals surface area contributed by atoms with Crippen molar-refractivity contribution < 1.29 is 37.1 Å². The van der Waals surface area contributed by atoms with Crippen LogP contribution in [0, 0.1) is 11.6 Å². The first-order chi connectivity index (χ1) is 13.8. The third-order valence-corrected chi connectivity index (χ3v) is 3.44.